The van der Waals surface area contributed by atoms with Crippen molar-refractivity contribution < 1.29 is 17.9 Å². The Hall–Kier alpha value is -0.640. The van der Waals surface area contributed by atoms with Crippen LogP contribution in [0.15, 0.2) is 4.99 Å². The molecule has 24 heavy (non-hydrogen) atoms. The maximum absolute atomic E-state index is 10.2. The molecule has 0 fully saturated rings. The summed E-state index contributed by atoms with van der Waals surface area (Å²) in [5.41, 5.74) is 0. The molecular weight excluding hydrogens is 350 g/mol. The van der Waals surface area contributed by atoms with Gasteiger partial charge < -0.3 is 22.9 Å². The maximum Gasteiger partial charge on any atom is 0.408 e. The van der Waals surface area contributed by atoms with E-state index in [0.29, 0.717) is 0 Å². The first-order valence-corrected chi connectivity index (χ1v) is 9.66. The summed E-state index contributed by atoms with van der Waals surface area (Å²) in [6.07, 6.45) is 3.49. The molecule has 0 aromatic heterocycles. The lowest BCUT2D eigenvalue weighted by molar-refractivity contribution is 0.141. The van der Waals surface area contributed by atoms with Crippen LogP contribution in [0.5, 0.6) is 0 Å². The molecule has 0 saturated heterocycles. The molecule has 0 atom stereocenters. The lowest BCUT2D eigenvalue weighted by Gasteiger charge is -2.08. The first-order valence-electron chi connectivity index (χ1n) is 7.36. The molecule has 1 amide bonds. The van der Waals surface area contributed by atoms with Crippen molar-refractivity contribution >= 4 is 36.0 Å². The third-order valence-corrected chi connectivity index (χ3v) is 2.92. The molecular formula is C15H37N3O4S2. The Labute approximate surface area is 157 Å². The molecule has 0 N–H and O–H groups in total. The minimum atomic E-state index is -0.319. The van der Waals surface area contributed by atoms with Crippen molar-refractivity contribution in [3.63, 3.8) is 0 Å². The van der Waals surface area contributed by atoms with Gasteiger partial charge in [0.1, 0.15) is 0 Å². The molecule has 9 heteroatoms. The largest absolute Gasteiger partial charge is 0.453 e. The number of hydrogen-bond acceptors (Lipinski definition) is 7. The number of nitrogens with zero attached hydrogens (tertiary/aromatic N) is 3. The Bertz CT molecular complexity index is 269. The van der Waals surface area contributed by atoms with Gasteiger partial charge in [0.05, 0.1) is 26.2 Å². The van der Waals surface area contributed by atoms with Crippen LogP contribution in [0.4, 0.5) is 4.79 Å². The molecule has 0 spiro atoms. The van der Waals surface area contributed by atoms with Crippen LogP contribution in [0, 0.1) is 0 Å². The van der Waals surface area contributed by atoms with Crippen molar-refractivity contribution in [3.05, 3.63) is 0 Å². The average Bonchev–Trinajstić information content (AvgIpc) is 2.56. The molecule has 7 nitrogen and oxygen atoms in total. The van der Waals surface area contributed by atoms with E-state index >= 15 is 0 Å². The second-order valence-corrected chi connectivity index (χ2v) is 5.31. The van der Waals surface area contributed by atoms with Crippen LogP contribution in [0.2, 0.25) is 0 Å². The summed E-state index contributed by atoms with van der Waals surface area (Å²) in [5.74, 6) is 1.06. The number of methoxy groups -OCH3 is 1. The predicted molar refractivity (Wildman–Crippen MR) is 109 cm³/mol. The second-order valence-electron chi connectivity index (χ2n) is 4.18. The van der Waals surface area contributed by atoms with Crippen LogP contribution in [0.3, 0.4) is 0 Å². The highest BCUT2D eigenvalue weighted by Crippen LogP contribution is 1.90. The van der Waals surface area contributed by atoms with Gasteiger partial charge in [-0.2, -0.15) is 0 Å². The molecule has 0 aromatic rings. The highest BCUT2D eigenvalue weighted by Gasteiger charge is 1.97. The fourth-order valence-electron chi connectivity index (χ4n) is 0.618. The van der Waals surface area contributed by atoms with Gasteiger partial charge in [0, 0.05) is 47.7 Å². The zero-order chi connectivity index (χ0) is 20.0. The van der Waals surface area contributed by atoms with Gasteiger partial charge in [0.15, 0.2) is 0 Å². The van der Waals surface area contributed by atoms with E-state index in [9.17, 15) is 4.79 Å². The number of carbonyl (C=O) groups excluding carboxylic acids is 1. The van der Waals surface area contributed by atoms with Gasteiger partial charge in [-0.05, 0) is 44.9 Å². The molecule has 0 aliphatic heterocycles. The molecule has 148 valence electrons. The topological polar surface area (TPSA) is 63.6 Å². The van der Waals surface area contributed by atoms with E-state index in [1.54, 1.807) is 21.1 Å². The quantitative estimate of drug-likeness (QED) is 0.415. The minimum absolute atomic E-state index is 0.319. The number of rotatable bonds is 4. The number of amidine groups is 1. The van der Waals surface area contributed by atoms with Gasteiger partial charge in [-0.25, -0.2) is 4.79 Å². The van der Waals surface area contributed by atoms with Crippen LogP contribution in [0.25, 0.3) is 0 Å². The highest BCUT2D eigenvalue weighted by atomic mass is 32.2. The van der Waals surface area contributed by atoms with Gasteiger partial charge in [-0.15, -0.1) is 0 Å². The lowest BCUT2D eigenvalue weighted by atomic mass is 10.6. The van der Waals surface area contributed by atoms with Crippen LogP contribution >= 0.6 is 24.1 Å². The van der Waals surface area contributed by atoms with Crippen LogP contribution in [-0.2, 0) is 13.1 Å². The van der Waals surface area contributed by atoms with Crippen molar-refractivity contribution in [2.24, 2.45) is 4.99 Å². The van der Waals surface area contributed by atoms with Gasteiger partial charge in [0.2, 0.25) is 0 Å². The molecule has 0 bridgehead atoms. The van der Waals surface area contributed by atoms with E-state index < -0.39 is 0 Å². The highest BCUT2D eigenvalue weighted by molar-refractivity contribution is 7.94. The van der Waals surface area contributed by atoms with Gasteiger partial charge in [0.25, 0.3) is 0 Å². The Balaban J connectivity index is -0.000000113. The van der Waals surface area contributed by atoms with E-state index in [1.807, 2.05) is 52.3 Å². The Morgan fingerprint density at radius 1 is 0.958 bits per heavy atom. The first kappa shape index (κ1) is 31.2. The zero-order valence-corrected chi connectivity index (χ0v) is 18.8. The van der Waals surface area contributed by atoms with Crippen molar-refractivity contribution in [3.8, 4) is 0 Å². The molecule has 0 rings (SSSR count). The predicted octanol–water partition coefficient (Wildman–Crippen LogP) is 3.51. The summed E-state index contributed by atoms with van der Waals surface area (Å²) in [5, 5.41) is 0. The van der Waals surface area contributed by atoms with Crippen LogP contribution in [0.1, 0.15) is 20.8 Å². The lowest BCUT2D eigenvalue weighted by Crippen LogP contribution is -2.20. The third-order valence-electron chi connectivity index (χ3n) is 1.98. The van der Waals surface area contributed by atoms with E-state index in [1.165, 1.54) is 36.1 Å². The van der Waals surface area contributed by atoms with Gasteiger partial charge in [-0.1, -0.05) is 0 Å². The smallest absolute Gasteiger partial charge is 0.408 e. The summed E-state index contributed by atoms with van der Waals surface area (Å²) < 4.78 is 13.8. The molecule has 0 unspecified atom stereocenters. The minimum Gasteiger partial charge on any atom is -0.453 e. The number of carbonyl (C=O) groups is 1. The van der Waals surface area contributed by atoms with E-state index in [4.69, 9.17) is 8.37 Å². The number of hydrogen-bond donors (Lipinski definition) is 0. The normalized spacial score (nSPS) is 9.21. The van der Waals surface area contributed by atoms with Crippen molar-refractivity contribution in [2.45, 2.75) is 20.8 Å². The molecule has 0 saturated carbocycles. The number of ether oxygens (including phenoxy) is 1. The average molecular weight is 388 g/mol. The molecule has 0 heterocycles. The van der Waals surface area contributed by atoms with Crippen LogP contribution in [-0.4, -0.2) is 89.8 Å². The Morgan fingerprint density at radius 2 is 1.33 bits per heavy atom. The summed E-state index contributed by atoms with van der Waals surface area (Å²) in [6.45, 7) is 7.52. The molecule has 0 aliphatic rings. The van der Waals surface area contributed by atoms with E-state index in [-0.39, 0.29) is 6.09 Å². The van der Waals surface area contributed by atoms with Crippen molar-refractivity contribution in [1.29, 1.82) is 0 Å². The summed E-state index contributed by atoms with van der Waals surface area (Å²) in [6, 6.07) is 0. The fourth-order valence-corrected chi connectivity index (χ4v) is 1.09. The first-order chi connectivity index (χ1) is 11.2. The monoisotopic (exact) mass is 387 g/mol. The van der Waals surface area contributed by atoms with Crippen molar-refractivity contribution in [2.75, 3.05) is 68.1 Å². The Morgan fingerprint density at radius 3 is 1.33 bits per heavy atom. The number of amides is 1. The van der Waals surface area contributed by atoms with Gasteiger partial charge >= 0.3 is 6.09 Å². The van der Waals surface area contributed by atoms with E-state index in [0.717, 1.165) is 19.0 Å². The standard InChI is InChI=1S/C5H12N2.C4H9NO2.2C3H8OS/c1-5(6-2)7(3)4;1-5(2)4(6)7-3;2*1-3-4-5-2/h1-4H3;1-3H3;2*3H2,1-2H3. The second kappa shape index (κ2) is 27.2. The fraction of sp³-hybridized carbons (Fsp3) is 0.867. The summed E-state index contributed by atoms with van der Waals surface area (Å²) >= 11 is 2.80. The van der Waals surface area contributed by atoms with E-state index in [2.05, 4.69) is 9.73 Å². The Kier molecular flexibility index (Phi) is 35.3. The molecule has 0 radical (unpaired) electrons. The third kappa shape index (κ3) is 37.5. The maximum atomic E-state index is 10.2. The van der Waals surface area contributed by atoms with Crippen LogP contribution < -0.4 is 0 Å². The van der Waals surface area contributed by atoms with Gasteiger partial charge in [-0.3, -0.25) is 4.99 Å². The summed E-state index contributed by atoms with van der Waals surface area (Å²) in [7, 11) is 10.3. The zero-order valence-electron chi connectivity index (χ0n) is 17.2. The number of aliphatic imine (C=N–C) groups is 1. The molecule has 0 aliphatic carbocycles. The van der Waals surface area contributed by atoms with Crippen molar-refractivity contribution in [1.82, 2.24) is 9.80 Å². The molecule has 0 aromatic carbocycles. The SMILES string of the molecule is CCOSC.CCOSC.CN=C(C)N(C)C.COC(=O)N(C)C. The summed E-state index contributed by atoms with van der Waals surface area (Å²) in [4.78, 5) is 17.5.